The molecular formula is C19H16O3. The first kappa shape index (κ1) is 14.2. The quantitative estimate of drug-likeness (QED) is 0.460. The summed E-state index contributed by atoms with van der Waals surface area (Å²) in [6.45, 7) is 1.82. The van der Waals surface area contributed by atoms with Crippen molar-refractivity contribution in [2.75, 3.05) is 7.11 Å². The highest BCUT2D eigenvalue weighted by atomic mass is 16.5. The van der Waals surface area contributed by atoms with Gasteiger partial charge in [0.2, 0.25) is 0 Å². The fraction of sp³-hybridized carbons (Fsp3) is 0.211. The predicted octanol–water partition coefficient (Wildman–Crippen LogP) is 3.21. The average Bonchev–Trinajstić information content (AvgIpc) is 2.55. The van der Waals surface area contributed by atoms with Crippen LogP contribution in [0.1, 0.15) is 18.1 Å². The number of methoxy groups -OCH3 is 1. The highest BCUT2D eigenvalue weighted by Crippen LogP contribution is 2.37. The third kappa shape index (κ3) is 2.68. The van der Waals surface area contributed by atoms with Gasteiger partial charge in [-0.05, 0) is 30.7 Å². The molecule has 0 saturated carbocycles. The second-order valence-electron chi connectivity index (χ2n) is 5.49. The van der Waals surface area contributed by atoms with Gasteiger partial charge >= 0.3 is 5.97 Å². The Bertz CT molecular complexity index is 768. The van der Waals surface area contributed by atoms with E-state index < -0.39 is 5.41 Å². The summed E-state index contributed by atoms with van der Waals surface area (Å²) in [5, 5.41) is 0. The van der Waals surface area contributed by atoms with Gasteiger partial charge in [0.25, 0.3) is 0 Å². The van der Waals surface area contributed by atoms with E-state index in [1.165, 1.54) is 0 Å². The number of benzene rings is 2. The maximum atomic E-state index is 12.3. The molecule has 3 heteroatoms. The van der Waals surface area contributed by atoms with E-state index in [0.717, 1.165) is 11.1 Å². The SMILES string of the molecule is COc1ccc2c(c1)OC(=O)C(C)(C#Cc1ccccc1)C2. The van der Waals surface area contributed by atoms with Gasteiger partial charge in [-0.15, -0.1) is 0 Å². The van der Waals surface area contributed by atoms with Crippen LogP contribution in [-0.4, -0.2) is 13.1 Å². The first-order valence-corrected chi connectivity index (χ1v) is 7.08. The number of fused-ring (bicyclic) bond motifs is 1. The van der Waals surface area contributed by atoms with E-state index in [4.69, 9.17) is 9.47 Å². The number of rotatable bonds is 1. The third-order valence-electron chi connectivity index (χ3n) is 3.73. The summed E-state index contributed by atoms with van der Waals surface area (Å²) < 4.78 is 10.6. The van der Waals surface area contributed by atoms with Gasteiger partial charge in [-0.2, -0.15) is 0 Å². The molecule has 22 heavy (non-hydrogen) atoms. The normalized spacial score (nSPS) is 19.5. The molecule has 0 N–H and O–H groups in total. The Morgan fingerprint density at radius 3 is 2.68 bits per heavy atom. The van der Waals surface area contributed by atoms with Crippen molar-refractivity contribution in [1.82, 2.24) is 0 Å². The van der Waals surface area contributed by atoms with Crippen LogP contribution in [0.5, 0.6) is 11.5 Å². The molecule has 1 aliphatic heterocycles. The van der Waals surface area contributed by atoms with Crippen molar-refractivity contribution in [1.29, 1.82) is 0 Å². The molecule has 0 amide bonds. The van der Waals surface area contributed by atoms with E-state index in [-0.39, 0.29) is 5.97 Å². The van der Waals surface area contributed by atoms with Crippen molar-refractivity contribution in [3.8, 4) is 23.3 Å². The molecule has 0 spiro atoms. The first-order chi connectivity index (χ1) is 10.6. The van der Waals surface area contributed by atoms with Crippen LogP contribution in [0.2, 0.25) is 0 Å². The summed E-state index contributed by atoms with van der Waals surface area (Å²) in [6.07, 6.45) is 0.533. The first-order valence-electron chi connectivity index (χ1n) is 7.08. The van der Waals surface area contributed by atoms with E-state index >= 15 is 0 Å². The van der Waals surface area contributed by atoms with Gasteiger partial charge in [0.15, 0.2) is 0 Å². The number of hydrogen-bond donors (Lipinski definition) is 0. The number of carbonyl (C=O) groups excluding carboxylic acids is 1. The lowest BCUT2D eigenvalue weighted by molar-refractivity contribution is -0.143. The van der Waals surface area contributed by atoms with Crippen molar-refractivity contribution < 1.29 is 14.3 Å². The molecule has 0 bridgehead atoms. The molecule has 1 unspecified atom stereocenters. The molecule has 2 aromatic rings. The lowest BCUT2D eigenvalue weighted by Crippen LogP contribution is -2.36. The fourth-order valence-electron chi connectivity index (χ4n) is 2.40. The zero-order valence-electron chi connectivity index (χ0n) is 12.6. The van der Waals surface area contributed by atoms with Gasteiger partial charge < -0.3 is 9.47 Å². The van der Waals surface area contributed by atoms with E-state index in [0.29, 0.717) is 17.9 Å². The molecule has 0 radical (unpaired) electrons. The second-order valence-corrected chi connectivity index (χ2v) is 5.49. The Morgan fingerprint density at radius 2 is 1.95 bits per heavy atom. The van der Waals surface area contributed by atoms with Crippen molar-refractivity contribution >= 4 is 5.97 Å². The van der Waals surface area contributed by atoms with E-state index in [1.54, 1.807) is 13.2 Å². The van der Waals surface area contributed by atoms with Gasteiger partial charge in [0, 0.05) is 18.1 Å². The van der Waals surface area contributed by atoms with Gasteiger partial charge in [-0.3, -0.25) is 0 Å². The maximum Gasteiger partial charge on any atom is 0.329 e. The lowest BCUT2D eigenvalue weighted by Gasteiger charge is -2.28. The minimum absolute atomic E-state index is 0.323. The summed E-state index contributed by atoms with van der Waals surface area (Å²) in [4.78, 5) is 12.3. The molecule has 1 heterocycles. The third-order valence-corrected chi connectivity index (χ3v) is 3.73. The van der Waals surface area contributed by atoms with Crippen LogP contribution in [0.4, 0.5) is 0 Å². The summed E-state index contributed by atoms with van der Waals surface area (Å²) >= 11 is 0. The Kier molecular flexibility index (Phi) is 3.60. The summed E-state index contributed by atoms with van der Waals surface area (Å²) in [5.41, 5.74) is 1.01. The minimum Gasteiger partial charge on any atom is -0.497 e. The van der Waals surface area contributed by atoms with Crippen LogP contribution in [0, 0.1) is 17.3 Å². The zero-order chi connectivity index (χ0) is 15.6. The Labute approximate surface area is 129 Å². The molecule has 0 fully saturated rings. The number of carbonyl (C=O) groups is 1. The van der Waals surface area contributed by atoms with Crippen LogP contribution in [0.25, 0.3) is 0 Å². The summed E-state index contributed by atoms with van der Waals surface area (Å²) in [5.74, 6) is 7.05. The smallest absolute Gasteiger partial charge is 0.329 e. The number of esters is 1. The van der Waals surface area contributed by atoms with Crippen molar-refractivity contribution in [3.63, 3.8) is 0 Å². The standard InChI is InChI=1S/C19H16O3/c1-19(11-10-14-6-4-3-5-7-14)13-15-8-9-16(21-2)12-17(15)22-18(19)20/h3-9,12H,13H2,1-2H3. The molecule has 110 valence electrons. The highest BCUT2D eigenvalue weighted by molar-refractivity contribution is 5.85. The van der Waals surface area contributed by atoms with Crippen LogP contribution in [0.3, 0.4) is 0 Å². The Morgan fingerprint density at radius 1 is 1.18 bits per heavy atom. The van der Waals surface area contributed by atoms with Crippen LogP contribution in [0.15, 0.2) is 48.5 Å². The Balaban J connectivity index is 1.92. The van der Waals surface area contributed by atoms with Gasteiger partial charge in [-0.25, -0.2) is 4.79 Å². The topological polar surface area (TPSA) is 35.5 Å². The molecule has 3 rings (SSSR count). The Hall–Kier alpha value is -2.73. The van der Waals surface area contributed by atoms with Gasteiger partial charge in [0.1, 0.15) is 16.9 Å². The van der Waals surface area contributed by atoms with Crippen molar-refractivity contribution in [2.45, 2.75) is 13.3 Å². The molecular weight excluding hydrogens is 276 g/mol. The minimum atomic E-state index is -0.836. The maximum absolute atomic E-state index is 12.3. The molecule has 0 aromatic heterocycles. The number of ether oxygens (including phenoxy) is 2. The fourth-order valence-corrected chi connectivity index (χ4v) is 2.40. The average molecular weight is 292 g/mol. The molecule has 3 nitrogen and oxygen atoms in total. The van der Waals surface area contributed by atoms with Crippen LogP contribution >= 0.6 is 0 Å². The monoisotopic (exact) mass is 292 g/mol. The molecule has 0 aliphatic carbocycles. The van der Waals surface area contributed by atoms with E-state index in [2.05, 4.69) is 11.8 Å². The van der Waals surface area contributed by atoms with Crippen LogP contribution < -0.4 is 9.47 Å². The van der Waals surface area contributed by atoms with Crippen LogP contribution in [-0.2, 0) is 11.2 Å². The lowest BCUT2D eigenvalue weighted by atomic mass is 9.82. The summed E-state index contributed by atoms with van der Waals surface area (Å²) in [6, 6.07) is 15.1. The van der Waals surface area contributed by atoms with Gasteiger partial charge in [-0.1, -0.05) is 36.1 Å². The van der Waals surface area contributed by atoms with Gasteiger partial charge in [0.05, 0.1) is 7.11 Å². The molecule has 2 aromatic carbocycles. The highest BCUT2D eigenvalue weighted by Gasteiger charge is 2.39. The second kappa shape index (κ2) is 5.57. The number of hydrogen-bond acceptors (Lipinski definition) is 3. The molecule has 1 atom stereocenters. The van der Waals surface area contributed by atoms with E-state index in [1.807, 2.05) is 49.4 Å². The van der Waals surface area contributed by atoms with E-state index in [9.17, 15) is 4.79 Å². The van der Waals surface area contributed by atoms with Crippen molar-refractivity contribution in [2.24, 2.45) is 5.41 Å². The predicted molar refractivity (Wildman–Crippen MR) is 83.8 cm³/mol. The molecule has 0 saturated heterocycles. The largest absolute Gasteiger partial charge is 0.497 e. The summed E-state index contributed by atoms with van der Waals surface area (Å²) in [7, 11) is 1.59. The zero-order valence-corrected chi connectivity index (χ0v) is 12.6. The molecule has 1 aliphatic rings. The van der Waals surface area contributed by atoms with Crippen molar-refractivity contribution in [3.05, 3.63) is 59.7 Å².